The Kier molecular flexibility index (Phi) is 3.34. The van der Waals surface area contributed by atoms with E-state index in [1.165, 1.54) is 4.57 Å². The van der Waals surface area contributed by atoms with E-state index in [0.717, 1.165) is 0 Å². The highest BCUT2D eigenvalue weighted by atomic mass is 16.3. The fraction of sp³-hybridized carbons (Fsp3) is 0.0625. The smallest absolute Gasteiger partial charge is 0.267 e. The SMILES string of the molecule is Cn1c(=O)c(C(=O)Nc2ccc[nH+]c2)c(O)c2ccccc21. The summed E-state index contributed by atoms with van der Waals surface area (Å²) >= 11 is 0. The van der Waals surface area contributed by atoms with Crippen molar-refractivity contribution in [2.24, 2.45) is 7.05 Å². The number of aromatic amines is 1. The van der Waals surface area contributed by atoms with Crippen molar-refractivity contribution < 1.29 is 14.9 Å². The zero-order chi connectivity index (χ0) is 15.7. The van der Waals surface area contributed by atoms with E-state index in [1.807, 2.05) is 0 Å². The van der Waals surface area contributed by atoms with Crippen LogP contribution in [0.15, 0.2) is 53.6 Å². The number of carbonyl (C=O) groups is 1. The number of nitrogens with one attached hydrogen (secondary N) is 2. The molecule has 0 aliphatic carbocycles. The summed E-state index contributed by atoms with van der Waals surface area (Å²) in [6, 6.07) is 10.3. The summed E-state index contributed by atoms with van der Waals surface area (Å²) in [7, 11) is 1.57. The number of para-hydroxylation sites is 1. The van der Waals surface area contributed by atoms with Crippen molar-refractivity contribution in [3.8, 4) is 5.75 Å². The van der Waals surface area contributed by atoms with Gasteiger partial charge in [0, 0.05) is 18.5 Å². The summed E-state index contributed by atoms with van der Waals surface area (Å²) in [6.07, 6.45) is 3.28. The van der Waals surface area contributed by atoms with Gasteiger partial charge in [-0.1, -0.05) is 12.1 Å². The molecule has 6 heteroatoms. The van der Waals surface area contributed by atoms with Gasteiger partial charge in [0.15, 0.2) is 12.4 Å². The Hall–Kier alpha value is -3.15. The summed E-state index contributed by atoms with van der Waals surface area (Å²) < 4.78 is 1.35. The monoisotopic (exact) mass is 296 g/mol. The molecule has 3 rings (SSSR count). The first kappa shape index (κ1) is 13.8. The molecule has 0 aliphatic heterocycles. The summed E-state index contributed by atoms with van der Waals surface area (Å²) in [5.74, 6) is -0.959. The molecule has 0 aliphatic rings. The maximum atomic E-state index is 12.4. The molecule has 2 aromatic heterocycles. The van der Waals surface area contributed by atoms with Gasteiger partial charge < -0.3 is 15.0 Å². The lowest BCUT2D eigenvalue weighted by Gasteiger charge is -2.11. The number of hydrogen-bond acceptors (Lipinski definition) is 3. The Morgan fingerprint density at radius 1 is 1.23 bits per heavy atom. The second-order valence-corrected chi connectivity index (χ2v) is 4.85. The summed E-state index contributed by atoms with van der Waals surface area (Å²) in [4.78, 5) is 27.6. The van der Waals surface area contributed by atoms with Crippen LogP contribution in [0.25, 0.3) is 10.9 Å². The molecule has 110 valence electrons. The Balaban J connectivity index is 2.15. The van der Waals surface area contributed by atoms with E-state index in [4.69, 9.17) is 0 Å². The van der Waals surface area contributed by atoms with Crippen LogP contribution >= 0.6 is 0 Å². The zero-order valence-corrected chi connectivity index (χ0v) is 11.8. The maximum absolute atomic E-state index is 12.4. The minimum atomic E-state index is -0.650. The third-order valence-corrected chi connectivity index (χ3v) is 3.47. The topological polar surface area (TPSA) is 85.5 Å². The molecule has 1 aromatic carbocycles. The van der Waals surface area contributed by atoms with Crippen LogP contribution < -0.4 is 15.9 Å². The number of aromatic nitrogens is 2. The van der Waals surface area contributed by atoms with Gasteiger partial charge in [-0.2, -0.15) is 0 Å². The first-order valence-corrected chi connectivity index (χ1v) is 6.67. The number of anilines is 1. The number of benzene rings is 1. The third kappa shape index (κ3) is 2.20. The number of aromatic hydroxyl groups is 1. The molecule has 0 saturated carbocycles. The van der Waals surface area contributed by atoms with Crippen LogP contribution in [0, 0.1) is 0 Å². The van der Waals surface area contributed by atoms with Crippen LogP contribution in [0.4, 0.5) is 5.69 Å². The van der Waals surface area contributed by atoms with E-state index in [0.29, 0.717) is 16.6 Å². The lowest BCUT2D eigenvalue weighted by Crippen LogP contribution is -2.28. The predicted molar refractivity (Wildman–Crippen MR) is 81.8 cm³/mol. The second kappa shape index (κ2) is 5.33. The Morgan fingerprint density at radius 3 is 2.73 bits per heavy atom. The fourth-order valence-corrected chi connectivity index (χ4v) is 2.35. The number of fused-ring (bicyclic) bond motifs is 1. The van der Waals surface area contributed by atoms with Gasteiger partial charge in [0.25, 0.3) is 11.5 Å². The quantitative estimate of drug-likeness (QED) is 0.747. The van der Waals surface area contributed by atoms with Crippen molar-refractivity contribution >= 4 is 22.5 Å². The molecule has 0 radical (unpaired) electrons. The van der Waals surface area contributed by atoms with Crippen molar-refractivity contribution in [2.75, 3.05) is 5.32 Å². The molecule has 0 fully saturated rings. The number of aryl methyl sites for hydroxylation is 1. The van der Waals surface area contributed by atoms with Gasteiger partial charge in [-0.15, -0.1) is 0 Å². The molecular weight excluding hydrogens is 282 g/mol. The molecule has 1 amide bonds. The third-order valence-electron chi connectivity index (χ3n) is 3.47. The lowest BCUT2D eigenvalue weighted by molar-refractivity contribution is -0.377. The molecule has 6 nitrogen and oxygen atoms in total. The minimum absolute atomic E-state index is 0.273. The van der Waals surface area contributed by atoms with E-state index < -0.39 is 11.5 Å². The molecule has 0 unspecified atom stereocenters. The molecule has 0 saturated heterocycles. The van der Waals surface area contributed by atoms with Crippen LogP contribution in [0.2, 0.25) is 0 Å². The Morgan fingerprint density at radius 2 is 2.00 bits per heavy atom. The van der Waals surface area contributed by atoms with Crippen molar-refractivity contribution in [1.29, 1.82) is 0 Å². The molecule has 0 spiro atoms. The Bertz CT molecular complexity index is 917. The number of rotatable bonds is 2. The van der Waals surface area contributed by atoms with Crippen LogP contribution in [-0.2, 0) is 7.05 Å². The first-order chi connectivity index (χ1) is 10.6. The number of pyridine rings is 2. The fourth-order valence-electron chi connectivity index (χ4n) is 2.35. The first-order valence-electron chi connectivity index (χ1n) is 6.67. The van der Waals surface area contributed by atoms with Gasteiger partial charge in [-0.05, 0) is 18.2 Å². The molecule has 3 aromatic rings. The van der Waals surface area contributed by atoms with E-state index in [2.05, 4.69) is 10.3 Å². The second-order valence-electron chi connectivity index (χ2n) is 4.85. The van der Waals surface area contributed by atoms with Crippen molar-refractivity contribution in [2.45, 2.75) is 0 Å². The summed E-state index contributed by atoms with van der Waals surface area (Å²) in [6.45, 7) is 0. The van der Waals surface area contributed by atoms with Crippen LogP contribution in [-0.4, -0.2) is 15.6 Å². The van der Waals surface area contributed by atoms with E-state index in [9.17, 15) is 14.7 Å². The number of nitrogens with zero attached hydrogens (tertiary/aromatic N) is 1. The van der Waals surface area contributed by atoms with Gasteiger partial charge >= 0.3 is 0 Å². The van der Waals surface area contributed by atoms with Crippen molar-refractivity contribution in [3.63, 3.8) is 0 Å². The summed E-state index contributed by atoms with van der Waals surface area (Å²) in [5, 5.41) is 13.4. The highest BCUT2D eigenvalue weighted by molar-refractivity contribution is 6.08. The van der Waals surface area contributed by atoms with Gasteiger partial charge in [-0.3, -0.25) is 9.59 Å². The number of H-pyrrole nitrogens is 1. The number of carbonyl (C=O) groups excluding carboxylic acids is 1. The van der Waals surface area contributed by atoms with E-state index in [1.54, 1.807) is 55.8 Å². The molecule has 3 N–H and O–H groups in total. The zero-order valence-electron chi connectivity index (χ0n) is 11.8. The predicted octanol–water partition coefficient (Wildman–Crippen LogP) is 1.31. The van der Waals surface area contributed by atoms with Gasteiger partial charge in [0.2, 0.25) is 0 Å². The average molecular weight is 296 g/mol. The highest BCUT2D eigenvalue weighted by Gasteiger charge is 2.21. The lowest BCUT2D eigenvalue weighted by atomic mass is 10.1. The molecule has 0 bridgehead atoms. The summed E-state index contributed by atoms with van der Waals surface area (Å²) in [5.41, 5.74) is 0.246. The van der Waals surface area contributed by atoms with Crippen LogP contribution in [0.3, 0.4) is 0 Å². The van der Waals surface area contributed by atoms with E-state index in [-0.39, 0.29) is 11.3 Å². The van der Waals surface area contributed by atoms with E-state index >= 15 is 0 Å². The van der Waals surface area contributed by atoms with Gasteiger partial charge in [0.05, 0.1) is 5.52 Å². The number of amides is 1. The van der Waals surface area contributed by atoms with Crippen LogP contribution in [0.5, 0.6) is 5.75 Å². The largest absolute Gasteiger partial charge is 0.506 e. The number of hydrogen-bond donors (Lipinski definition) is 2. The van der Waals surface area contributed by atoms with Gasteiger partial charge in [-0.25, -0.2) is 4.98 Å². The molecule has 22 heavy (non-hydrogen) atoms. The van der Waals surface area contributed by atoms with Gasteiger partial charge in [0.1, 0.15) is 17.0 Å². The van der Waals surface area contributed by atoms with Crippen LogP contribution in [0.1, 0.15) is 10.4 Å². The molecule has 2 heterocycles. The Labute approximate surface area is 125 Å². The molecule has 0 atom stereocenters. The minimum Gasteiger partial charge on any atom is -0.506 e. The van der Waals surface area contributed by atoms with Crippen molar-refractivity contribution in [1.82, 2.24) is 4.57 Å². The highest BCUT2D eigenvalue weighted by Crippen LogP contribution is 2.26. The average Bonchev–Trinajstić information content (AvgIpc) is 2.54. The van der Waals surface area contributed by atoms with Crippen molar-refractivity contribution in [3.05, 3.63) is 64.7 Å². The normalized spacial score (nSPS) is 10.6. The maximum Gasteiger partial charge on any atom is 0.267 e. The standard InChI is InChI=1S/C16H13N3O3/c1-19-12-7-3-2-6-11(12)14(20)13(16(19)22)15(21)18-10-5-4-8-17-9-10/h2-9,20H,1H3,(H,18,21)/p+1. The molecular formula is C16H14N3O3+.